The number of aromatic nitrogens is 3. The lowest BCUT2D eigenvalue weighted by Gasteiger charge is -2.27. The summed E-state index contributed by atoms with van der Waals surface area (Å²) in [7, 11) is -1.95. The van der Waals surface area contributed by atoms with Crippen molar-refractivity contribution in [3.63, 3.8) is 0 Å². The summed E-state index contributed by atoms with van der Waals surface area (Å²) < 4.78 is 121. The Morgan fingerprint density at radius 2 is 1.78 bits per heavy atom. The monoisotopic (exact) mass is 1090 g/mol. The van der Waals surface area contributed by atoms with Crippen molar-refractivity contribution in [3.05, 3.63) is 84.8 Å². The maximum absolute atomic E-state index is 15.1. The predicted molar refractivity (Wildman–Crippen MR) is 249 cm³/mol. The Bertz CT molecular complexity index is 2900. The Morgan fingerprint density at radius 3 is 2.39 bits per heavy atom. The molecule has 2 heterocycles. The Labute approximate surface area is 400 Å². The standard InChI is InChI=1S/C44H47ClF6IN9O5S/c1-41(2,67(64,65)23-6-7-23)12-11-30-29(52)17-26(24-8-9-28(45)32-34(24)61(5)60-38(32)58-40(55)66-39(54)42(3,4)63)35(57-30)43(18-27(43)20-14-21(46)16-22(47)15-20)59-31(62)19-56-36-25(33(53)37(48)49)10-13-44(36,50)51/h8-9,14-17,23,27,37,54,63H,6-7,10-13,18-19,53H2,1-5H3,(H,59,62)(H2,55,58,60)/p+1. The van der Waals surface area contributed by atoms with Crippen LogP contribution in [0.3, 0.4) is 0 Å². The van der Waals surface area contributed by atoms with Crippen LogP contribution in [0.25, 0.3) is 22.0 Å². The van der Waals surface area contributed by atoms with E-state index >= 15 is 8.78 Å². The number of aliphatic imine (C=N–C) groups is 2. The third kappa shape index (κ3) is 9.90. The molecular formula is C44H48ClF6IN9O5S+. The van der Waals surface area contributed by atoms with E-state index in [1.54, 1.807) is 33.0 Å². The fraction of sp³-hybridized carbons (Fsp3) is 0.455. The number of fused-ring (bicyclic) bond motifs is 1. The maximum atomic E-state index is 15.1. The Morgan fingerprint density at radius 1 is 1.12 bits per heavy atom. The second-order valence-corrected chi connectivity index (χ2v) is 22.6. The number of nitrogens with one attached hydrogen (secondary N) is 1. The Hall–Kier alpha value is -4.81. The van der Waals surface area contributed by atoms with E-state index in [0.29, 0.717) is 44.8 Å². The molecule has 360 valence electrons. The minimum absolute atomic E-state index is 0.0309. The zero-order valence-electron chi connectivity index (χ0n) is 36.8. The van der Waals surface area contributed by atoms with Gasteiger partial charge < -0.3 is 26.6 Å². The summed E-state index contributed by atoms with van der Waals surface area (Å²) in [6.07, 6.45) is -3.25. The number of pyridine rings is 1. The van der Waals surface area contributed by atoms with Gasteiger partial charge >= 0.3 is 5.90 Å². The number of hydrogen-bond acceptors (Lipinski definition) is 10. The fourth-order valence-corrected chi connectivity index (χ4v) is 11.3. The minimum Gasteiger partial charge on any atom is -0.397 e. The first-order valence-corrected chi connectivity index (χ1v) is 24.0. The first-order valence-electron chi connectivity index (χ1n) is 21.0. The van der Waals surface area contributed by atoms with Crippen LogP contribution >= 0.6 is 34.2 Å². The van der Waals surface area contributed by atoms with E-state index in [0.717, 1.165) is 12.1 Å². The van der Waals surface area contributed by atoms with Crippen LogP contribution in [0.4, 0.5) is 32.2 Å². The molecule has 3 aliphatic rings. The van der Waals surface area contributed by atoms with Crippen molar-refractivity contribution in [2.45, 2.75) is 112 Å². The average Bonchev–Trinajstić information content (AvgIpc) is 4.14. The molecule has 0 radical (unpaired) electrons. The van der Waals surface area contributed by atoms with Gasteiger partial charge in [0.05, 0.1) is 48.5 Å². The molecule has 14 nitrogen and oxygen atoms in total. The van der Waals surface area contributed by atoms with Crippen molar-refractivity contribution >= 4 is 84.3 Å². The number of hydrogen-bond donors (Lipinski definition) is 5. The molecule has 2 aromatic carbocycles. The third-order valence-corrected chi connectivity index (χ3v) is 16.7. The highest BCUT2D eigenvalue weighted by atomic mass is 127. The first kappa shape index (κ1) is 50.1. The van der Waals surface area contributed by atoms with Crippen molar-refractivity contribution in [2.75, 3.05) is 6.54 Å². The summed E-state index contributed by atoms with van der Waals surface area (Å²) in [6.45, 7) is 5.05. The number of carbonyl (C=O) groups excluding carboxylic acids is 1. The molecule has 7 rings (SSSR count). The first-order chi connectivity index (χ1) is 31.1. The number of ether oxygens (including phenoxy) is 1. The summed E-state index contributed by atoms with van der Waals surface area (Å²) in [5.74, 6) is -7.77. The fourth-order valence-electron chi connectivity index (χ4n) is 8.36. The molecule has 0 aliphatic heterocycles. The number of nitrogens with zero attached hydrogens (tertiary/aromatic N) is 5. The van der Waals surface area contributed by atoms with Gasteiger partial charge in [-0.1, -0.05) is 17.7 Å². The van der Waals surface area contributed by atoms with Gasteiger partial charge in [-0.05, 0) is 119 Å². The molecule has 67 heavy (non-hydrogen) atoms. The average molecular weight is 1090 g/mol. The highest BCUT2D eigenvalue weighted by molar-refractivity contribution is 14.1. The van der Waals surface area contributed by atoms with E-state index in [1.165, 1.54) is 24.6 Å². The molecule has 23 heteroatoms. The number of aliphatic hydroxyl groups is 1. The van der Waals surface area contributed by atoms with Gasteiger partial charge in [-0.25, -0.2) is 31.4 Å². The van der Waals surface area contributed by atoms with Crippen molar-refractivity contribution in [3.8, 4) is 11.1 Å². The number of sulfone groups is 1. The van der Waals surface area contributed by atoms with Gasteiger partial charge in [-0.3, -0.25) is 19.5 Å². The summed E-state index contributed by atoms with van der Waals surface area (Å²) in [4.78, 5) is 27.4. The van der Waals surface area contributed by atoms with Gasteiger partial charge in [0.25, 0.3) is 18.4 Å². The van der Waals surface area contributed by atoms with Crippen molar-refractivity contribution in [1.29, 1.82) is 0 Å². The number of amidine groups is 1. The number of nitrogens with two attached hydrogens (primary N) is 3. The number of aryl methyl sites for hydroxylation is 2. The third-order valence-electron chi connectivity index (χ3n) is 12.3. The smallest absolute Gasteiger partial charge is 0.373 e. The Balaban J connectivity index is 1.41. The van der Waals surface area contributed by atoms with E-state index < -0.39 is 109 Å². The molecule has 2 aromatic heterocycles. The van der Waals surface area contributed by atoms with Gasteiger partial charge in [-0.15, -0.1) is 0 Å². The molecule has 0 bridgehead atoms. The molecule has 8 N–H and O–H groups in total. The molecule has 0 saturated heterocycles. The molecule has 3 aliphatic carbocycles. The molecule has 1 amide bonds. The SMILES string of the molecule is Cn1nc(N=C(N)OC(=[NH2+])C(C)(C)O)c2c(Cl)ccc(-c3cc(I)c(CCC(C)(C)S(=O)(=O)C4CC4)nc3C3(NC(=O)CN=C4C(=C(N)C(F)F)CCC4(F)F)CC3c3cc(F)cc(F)c3)c21. The molecular weight excluding hydrogens is 1040 g/mol. The van der Waals surface area contributed by atoms with Crippen molar-refractivity contribution < 1.29 is 54.8 Å². The number of allylic oxidation sites excluding steroid dienone is 2. The maximum Gasteiger partial charge on any atom is 0.373 e. The highest BCUT2D eigenvalue weighted by Gasteiger charge is 2.60. The molecule has 2 atom stereocenters. The minimum atomic E-state index is -3.67. The second-order valence-electron chi connectivity index (χ2n) is 18.1. The molecule has 4 aromatic rings. The predicted octanol–water partition coefficient (Wildman–Crippen LogP) is 6.20. The number of halogens is 8. The molecule has 2 unspecified atom stereocenters. The summed E-state index contributed by atoms with van der Waals surface area (Å²) in [5, 5.41) is 23.5. The second kappa shape index (κ2) is 17.9. The van der Waals surface area contributed by atoms with Gasteiger partial charge in [0.2, 0.25) is 5.91 Å². The van der Waals surface area contributed by atoms with Crippen LogP contribution in [0.15, 0.2) is 57.7 Å². The lowest BCUT2D eigenvalue weighted by Crippen LogP contribution is -2.55. The van der Waals surface area contributed by atoms with E-state index in [2.05, 4.69) is 43.0 Å². The number of amides is 1. The van der Waals surface area contributed by atoms with Crippen LogP contribution < -0.4 is 22.2 Å². The van der Waals surface area contributed by atoms with Gasteiger partial charge in [0.1, 0.15) is 23.9 Å². The highest BCUT2D eigenvalue weighted by Crippen LogP contribution is 2.60. The van der Waals surface area contributed by atoms with Crippen LogP contribution in [-0.2, 0) is 38.4 Å². The van der Waals surface area contributed by atoms with Crippen LogP contribution in [0.1, 0.15) is 89.1 Å². The molecule has 0 spiro atoms. The van der Waals surface area contributed by atoms with Gasteiger partial charge in [0.15, 0.2) is 21.3 Å². The number of rotatable bonds is 14. The van der Waals surface area contributed by atoms with Gasteiger partial charge in [-0.2, -0.15) is 18.9 Å². The van der Waals surface area contributed by atoms with Crippen LogP contribution in [0, 0.1) is 15.2 Å². The summed E-state index contributed by atoms with van der Waals surface area (Å²) in [6, 6.07) is 7.29. The van der Waals surface area contributed by atoms with E-state index in [4.69, 9.17) is 38.2 Å². The number of benzene rings is 2. The largest absolute Gasteiger partial charge is 0.397 e. The zero-order chi connectivity index (χ0) is 49.3. The molecule has 3 fully saturated rings. The quantitative estimate of drug-likeness (QED) is 0.0419. The van der Waals surface area contributed by atoms with E-state index in [-0.39, 0.29) is 52.6 Å². The van der Waals surface area contributed by atoms with Crippen molar-refractivity contribution in [1.82, 2.24) is 20.1 Å². The number of carbonyl (C=O) groups is 1. The zero-order valence-corrected chi connectivity index (χ0v) is 40.6. The topological polar surface area (TPSA) is 226 Å². The molecule has 3 saturated carbocycles. The lowest BCUT2D eigenvalue weighted by molar-refractivity contribution is -0.153. The Kier molecular flexibility index (Phi) is 13.4. The van der Waals surface area contributed by atoms with Crippen LogP contribution in [0.5, 0.6) is 0 Å². The normalized spacial score (nSPS) is 21.3. The lowest BCUT2D eigenvalue weighted by atomic mass is 9.92. The van der Waals surface area contributed by atoms with Crippen LogP contribution in [-0.4, -0.2) is 86.3 Å². The van der Waals surface area contributed by atoms with Crippen molar-refractivity contribution in [2.24, 2.45) is 28.5 Å². The van der Waals surface area contributed by atoms with Crippen LogP contribution in [0.2, 0.25) is 5.02 Å². The number of alkyl halides is 4. The van der Waals surface area contributed by atoms with Gasteiger partial charge in [0, 0.05) is 45.7 Å². The van der Waals surface area contributed by atoms with E-state index in [1.807, 2.05) is 0 Å². The summed E-state index contributed by atoms with van der Waals surface area (Å²) >= 11 is 8.87. The van der Waals surface area contributed by atoms with E-state index in [9.17, 15) is 35.9 Å². The summed E-state index contributed by atoms with van der Waals surface area (Å²) in [5.41, 5.74) is 7.42.